The Kier molecular flexibility index (Phi) is 4.83. The van der Waals surface area contributed by atoms with Gasteiger partial charge in [0.2, 0.25) is 0 Å². The smallest absolute Gasteiger partial charge is 0.176 e. The van der Waals surface area contributed by atoms with Crippen molar-refractivity contribution in [3.63, 3.8) is 0 Å². The summed E-state index contributed by atoms with van der Waals surface area (Å²) in [5.74, 6) is -0.397. The molecular formula is C9H10ClNO3. The molecule has 0 aromatic heterocycles. The third kappa shape index (κ3) is 2.55. The highest BCUT2D eigenvalue weighted by Crippen LogP contribution is 2.16. The van der Waals surface area contributed by atoms with E-state index in [4.69, 9.17) is 10.8 Å². The van der Waals surface area contributed by atoms with Gasteiger partial charge in [-0.3, -0.25) is 9.59 Å². The van der Waals surface area contributed by atoms with Gasteiger partial charge in [-0.1, -0.05) is 0 Å². The largest absolute Gasteiger partial charge is 0.507 e. The number of phenolic OH excluding ortho intramolecular Hbond substituents is 1. The van der Waals surface area contributed by atoms with Crippen LogP contribution in [0, 0.1) is 0 Å². The Morgan fingerprint density at radius 3 is 2.64 bits per heavy atom. The summed E-state index contributed by atoms with van der Waals surface area (Å²) < 4.78 is 0. The summed E-state index contributed by atoms with van der Waals surface area (Å²) in [6, 6.07) is 4.04. The quantitative estimate of drug-likeness (QED) is 0.577. The third-order valence-electron chi connectivity index (χ3n) is 1.66. The minimum atomic E-state index is -0.261. The second kappa shape index (κ2) is 5.36. The number of hydrogen-bond donors (Lipinski definition) is 2. The van der Waals surface area contributed by atoms with Crippen LogP contribution in [0.5, 0.6) is 5.75 Å². The zero-order valence-corrected chi connectivity index (χ0v) is 8.08. The predicted molar refractivity (Wildman–Crippen MR) is 54.1 cm³/mol. The van der Waals surface area contributed by atoms with Gasteiger partial charge in [0.05, 0.1) is 12.1 Å². The fraction of sp³-hybridized carbons (Fsp3) is 0.111. The van der Waals surface area contributed by atoms with Crippen molar-refractivity contribution < 1.29 is 14.7 Å². The summed E-state index contributed by atoms with van der Waals surface area (Å²) in [6.45, 7) is -0.108. The van der Waals surface area contributed by atoms with Gasteiger partial charge in [0.15, 0.2) is 12.1 Å². The summed E-state index contributed by atoms with van der Waals surface area (Å²) in [6.07, 6.45) is 0.489. The Morgan fingerprint density at radius 1 is 1.50 bits per heavy atom. The fourth-order valence-corrected chi connectivity index (χ4v) is 0.940. The van der Waals surface area contributed by atoms with E-state index in [0.29, 0.717) is 11.8 Å². The Balaban J connectivity index is 0.00000169. The molecule has 0 aliphatic carbocycles. The van der Waals surface area contributed by atoms with Crippen LogP contribution in [0.4, 0.5) is 0 Å². The first-order valence-electron chi connectivity index (χ1n) is 3.70. The van der Waals surface area contributed by atoms with E-state index in [-0.39, 0.29) is 36.0 Å². The number of phenols is 1. The van der Waals surface area contributed by atoms with Gasteiger partial charge in [-0.05, 0) is 18.2 Å². The summed E-state index contributed by atoms with van der Waals surface area (Å²) >= 11 is 0. The van der Waals surface area contributed by atoms with E-state index in [1.807, 2.05) is 0 Å². The monoisotopic (exact) mass is 215 g/mol. The molecule has 0 heterocycles. The molecule has 0 radical (unpaired) electrons. The molecule has 0 spiro atoms. The summed E-state index contributed by atoms with van der Waals surface area (Å²) in [7, 11) is 0. The fourth-order valence-electron chi connectivity index (χ4n) is 0.940. The molecule has 0 atom stereocenters. The van der Waals surface area contributed by atoms with Crippen molar-refractivity contribution in [2.75, 3.05) is 6.54 Å². The van der Waals surface area contributed by atoms with Gasteiger partial charge in [0, 0.05) is 5.56 Å². The van der Waals surface area contributed by atoms with Crippen LogP contribution in [0.1, 0.15) is 20.7 Å². The summed E-state index contributed by atoms with van der Waals surface area (Å²) in [4.78, 5) is 21.5. The van der Waals surface area contributed by atoms with E-state index < -0.39 is 0 Å². The van der Waals surface area contributed by atoms with Crippen molar-refractivity contribution in [2.45, 2.75) is 0 Å². The van der Waals surface area contributed by atoms with E-state index >= 15 is 0 Å². The molecule has 14 heavy (non-hydrogen) atoms. The lowest BCUT2D eigenvalue weighted by molar-refractivity contribution is 0.100. The standard InChI is InChI=1S/C9H9NO3.ClH/c10-4-9(13)6-1-2-8(12)7(3-6)5-11;/h1-3,5,12H,4,10H2;1H. The van der Waals surface area contributed by atoms with E-state index in [1.165, 1.54) is 18.2 Å². The number of Topliss-reactive ketones (excluding diaryl/α,β-unsaturated/α-hetero) is 1. The summed E-state index contributed by atoms with van der Waals surface area (Å²) in [5, 5.41) is 9.12. The molecule has 4 nitrogen and oxygen atoms in total. The molecule has 1 aromatic rings. The lowest BCUT2D eigenvalue weighted by Gasteiger charge is -2.00. The molecule has 0 saturated heterocycles. The Labute approximate surface area is 87.1 Å². The van der Waals surface area contributed by atoms with Gasteiger partial charge in [-0.2, -0.15) is 0 Å². The number of carbonyl (C=O) groups is 2. The zero-order valence-electron chi connectivity index (χ0n) is 7.27. The Hall–Kier alpha value is -1.39. The maximum absolute atomic E-state index is 11.1. The van der Waals surface area contributed by atoms with Crippen molar-refractivity contribution in [2.24, 2.45) is 5.73 Å². The lowest BCUT2D eigenvalue weighted by Crippen LogP contribution is -2.13. The number of benzene rings is 1. The number of ketones is 1. The molecule has 0 unspecified atom stereocenters. The highest BCUT2D eigenvalue weighted by Gasteiger charge is 2.06. The minimum Gasteiger partial charge on any atom is -0.507 e. The SMILES string of the molecule is Cl.NCC(=O)c1ccc(O)c(C=O)c1. The average molecular weight is 216 g/mol. The van der Waals surface area contributed by atoms with E-state index in [2.05, 4.69) is 0 Å². The van der Waals surface area contributed by atoms with E-state index in [0.717, 1.165) is 0 Å². The van der Waals surface area contributed by atoms with Crippen LogP contribution in [-0.2, 0) is 0 Å². The van der Waals surface area contributed by atoms with Crippen LogP contribution in [0.25, 0.3) is 0 Å². The molecule has 5 heteroatoms. The van der Waals surface area contributed by atoms with Crippen LogP contribution in [-0.4, -0.2) is 23.7 Å². The number of rotatable bonds is 3. The van der Waals surface area contributed by atoms with Gasteiger partial charge in [-0.15, -0.1) is 12.4 Å². The number of halogens is 1. The topological polar surface area (TPSA) is 80.4 Å². The van der Waals surface area contributed by atoms with Gasteiger partial charge in [-0.25, -0.2) is 0 Å². The second-order valence-corrected chi connectivity index (χ2v) is 2.52. The normalized spacial score (nSPS) is 8.93. The Morgan fingerprint density at radius 2 is 2.14 bits per heavy atom. The molecule has 0 fully saturated rings. The van der Waals surface area contributed by atoms with Gasteiger partial charge < -0.3 is 10.8 Å². The number of aldehydes is 1. The molecule has 76 valence electrons. The molecule has 0 aliphatic heterocycles. The van der Waals surface area contributed by atoms with Crippen molar-refractivity contribution in [3.8, 4) is 5.75 Å². The first kappa shape index (κ1) is 12.6. The lowest BCUT2D eigenvalue weighted by atomic mass is 10.1. The van der Waals surface area contributed by atoms with Crippen molar-refractivity contribution in [1.29, 1.82) is 0 Å². The second-order valence-electron chi connectivity index (χ2n) is 2.52. The van der Waals surface area contributed by atoms with Crippen molar-refractivity contribution >= 4 is 24.5 Å². The van der Waals surface area contributed by atoms with Crippen LogP contribution >= 0.6 is 12.4 Å². The number of aromatic hydroxyl groups is 1. The molecule has 3 N–H and O–H groups in total. The molecule has 1 rings (SSSR count). The van der Waals surface area contributed by atoms with Gasteiger partial charge >= 0.3 is 0 Å². The van der Waals surface area contributed by atoms with Crippen LogP contribution < -0.4 is 5.73 Å². The number of nitrogens with two attached hydrogens (primary N) is 1. The van der Waals surface area contributed by atoms with Crippen molar-refractivity contribution in [3.05, 3.63) is 29.3 Å². The first-order chi connectivity index (χ1) is 6.19. The minimum absolute atomic E-state index is 0. The van der Waals surface area contributed by atoms with Crippen LogP contribution in [0.3, 0.4) is 0 Å². The third-order valence-corrected chi connectivity index (χ3v) is 1.66. The highest BCUT2D eigenvalue weighted by molar-refractivity contribution is 5.99. The molecular weight excluding hydrogens is 206 g/mol. The molecule has 0 amide bonds. The van der Waals surface area contributed by atoms with Gasteiger partial charge in [0.1, 0.15) is 5.75 Å². The maximum Gasteiger partial charge on any atom is 0.176 e. The van der Waals surface area contributed by atoms with E-state index in [1.54, 1.807) is 0 Å². The zero-order chi connectivity index (χ0) is 9.84. The molecule has 0 bridgehead atoms. The highest BCUT2D eigenvalue weighted by atomic mass is 35.5. The number of hydrogen-bond acceptors (Lipinski definition) is 4. The Bertz CT molecular complexity index is 352. The molecule has 0 saturated carbocycles. The predicted octanol–water partition coefficient (Wildman–Crippen LogP) is 0.768. The van der Waals surface area contributed by atoms with E-state index in [9.17, 15) is 9.59 Å². The van der Waals surface area contributed by atoms with Crippen LogP contribution in [0.2, 0.25) is 0 Å². The molecule has 0 aliphatic rings. The average Bonchev–Trinajstić information content (AvgIpc) is 2.17. The number of carbonyl (C=O) groups excluding carboxylic acids is 2. The maximum atomic E-state index is 11.1. The van der Waals surface area contributed by atoms with Crippen molar-refractivity contribution in [1.82, 2.24) is 0 Å². The summed E-state index contributed by atoms with van der Waals surface area (Å²) in [5.41, 5.74) is 5.57. The van der Waals surface area contributed by atoms with Gasteiger partial charge in [0.25, 0.3) is 0 Å². The molecule has 1 aromatic carbocycles. The van der Waals surface area contributed by atoms with Crippen LogP contribution in [0.15, 0.2) is 18.2 Å². The first-order valence-corrected chi connectivity index (χ1v) is 3.70.